The minimum Gasteiger partial charge on any atom is -0.356 e. The Morgan fingerprint density at radius 3 is 2.64 bits per heavy atom. The van der Waals surface area contributed by atoms with E-state index in [1.165, 1.54) is 5.56 Å². The number of aliphatic imine (C=N–C) groups is 1. The Hall–Kier alpha value is -2.34. The third-order valence-electron chi connectivity index (χ3n) is 4.30. The number of hydrogen-bond donors (Lipinski definition) is 2. The molecule has 1 aromatic carbocycles. The van der Waals surface area contributed by atoms with Crippen LogP contribution in [0, 0.1) is 0 Å². The van der Waals surface area contributed by atoms with Crippen LogP contribution < -0.4 is 10.6 Å². The van der Waals surface area contributed by atoms with Crippen LogP contribution in [0.5, 0.6) is 0 Å². The minimum atomic E-state index is 0.495. The van der Waals surface area contributed by atoms with Crippen molar-refractivity contribution in [2.75, 3.05) is 27.2 Å². The van der Waals surface area contributed by atoms with Crippen molar-refractivity contribution >= 4 is 5.96 Å². The molecular formula is C19H30N6. The molecule has 0 aliphatic heterocycles. The average molecular weight is 342 g/mol. The van der Waals surface area contributed by atoms with E-state index in [0.717, 1.165) is 38.6 Å². The number of rotatable bonds is 9. The van der Waals surface area contributed by atoms with Gasteiger partial charge in [-0.05, 0) is 32.0 Å². The van der Waals surface area contributed by atoms with Gasteiger partial charge >= 0.3 is 0 Å². The molecule has 0 aliphatic carbocycles. The van der Waals surface area contributed by atoms with E-state index in [0.29, 0.717) is 6.04 Å². The van der Waals surface area contributed by atoms with Crippen LogP contribution in [0.3, 0.4) is 0 Å². The van der Waals surface area contributed by atoms with Crippen LogP contribution in [-0.2, 0) is 13.1 Å². The Bertz CT molecular complexity index is 608. The molecule has 1 heterocycles. The van der Waals surface area contributed by atoms with Gasteiger partial charge in [-0.1, -0.05) is 30.3 Å². The van der Waals surface area contributed by atoms with Crippen molar-refractivity contribution in [1.82, 2.24) is 25.3 Å². The number of nitrogens with one attached hydrogen (secondary N) is 2. The van der Waals surface area contributed by atoms with E-state index < -0.39 is 0 Å². The first-order chi connectivity index (χ1) is 12.2. The molecule has 0 saturated heterocycles. The molecule has 2 N–H and O–H groups in total. The molecule has 1 atom stereocenters. The molecule has 0 amide bonds. The topological polar surface area (TPSA) is 57.5 Å². The van der Waals surface area contributed by atoms with Crippen molar-refractivity contribution in [3.8, 4) is 0 Å². The van der Waals surface area contributed by atoms with Crippen molar-refractivity contribution in [3.05, 3.63) is 54.4 Å². The van der Waals surface area contributed by atoms with Gasteiger partial charge in [0, 0.05) is 45.1 Å². The number of aromatic nitrogens is 2. The summed E-state index contributed by atoms with van der Waals surface area (Å²) in [5, 5.41) is 10.9. The molecule has 0 aliphatic rings. The minimum absolute atomic E-state index is 0.495. The molecule has 0 radical (unpaired) electrons. The van der Waals surface area contributed by atoms with Gasteiger partial charge in [-0.25, -0.2) is 0 Å². The lowest BCUT2D eigenvalue weighted by Gasteiger charge is -2.25. The van der Waals surface area contributed by atoms with Crippen LogP contribution >= 0.6 is 0 Å². The van der Waals surface area contributed by atoms with Gasteiger partial charge in [0.25, 0.3) is 0 Å². The van der Waals surface area contributed by atoms with Crippen LogP contribution in [0.25, 0.3) is 0 Å². The molecule has 1 unspecified atom stereocenters. The average Bonchev–Trinajstić information content (AvgIpc) is 3.14. The van der Waals surface area contributed by atoms with Gasteiger partial charge in [-0.3, -0.25) is 14.6 Å². The second-order valence-electron chi connectivity index (χ2n) is 6.23. The highest BCUT2D eigenvalue weighted by atomic mass is 15.3. The summed E-state index contributed by atoms with van der Waals surface area (Å²) in [4.78, 5) is 6.65. The number of nitrogens with zero attached hydrogens (tertiary/aromatic N) is 4. The molecule has 2 aromatic rings. The molecule has 6 nitrogen and oxygen atoms in total. The predicted molar refractivity (Wildman–Crippen MR) is 104 cm³/mol. The summed E-state index contributed by atoms with van der Waals surface area (Å²) in [5.74, 6) is 0.838. The first kappa shape index (κ1) is 19.0. The van der Waals surface area contributed by atoms with Crippen LogP contribution in [0.4, 0.5) is 0 Å². The molecule has 2 rings (SSSR count). The largest absolute Gasteiger partial charge is 0.356 e. The first-order valence-electron chi connectivity index (χ1n) is 8.85. The summed E-state index contributed by atoms with van der Waals surface area (Å²) in [6, 6.07) is 13.0. The van der Waals surface area contributed by atoms with Crippen LogP contribution in [0.15, 0.2) is 53.8 Å². The summed E-state index contributed by atoms with van der Waals surface area (Å²) in [6.45, 7) is 5.74. The third kappa shape index (κ3) is 6.97. The van der Waals surface area contributed by atoms with Crippen molar-refractivity contribution in [1.29, 1.82) is 0 Å². The molecule has 0 saturated carbocycles. The van der Waals surface area contributed by atoms with Gasteiger partial charge in [-0.15, -0.1) is 0 Å². The van der Waals surface area contributed by atoms with Gasteiger partial charge in [0.05, 0.1) is 6.54 Å². The zero-order valence-electron chi connectivity index (χ0n) is 15.5. The second kappa shape index (κ2) is 10.5. The highest BCUT2D eigenvalue weighted by Crippen LogP contribution is 2.07. The fraction of sp³-hybridized carbons (Fsp3) is 0.474. The van der Waals surface area contributed by atoms with Gasteiger partial charge < -0.3 is 10.6 Å². The van der Waals surface area contributed by atoms with Crippen LogP contribution in [-0.4, -0.2) is 53.9 Å². The van der Waals surface area contributed by atoms with E-state index in [1.807, 2.05) is 16.9 Å². The maximum absolute atomic E-state index is 4.27. The lowest BCUT2D eigenvalue weighted by Crippen LogP contribution is -2.41. The summed E-state index contributed by atoms with van der Waals surface area (Å²) < 4.78 is 1.90. The van der Waals surface area contributed by atoms with Crippen LogP contribution in [0.2, 0.25) is 0 Å². The highest BCUT2D eigenvalue weighted by molar-refractivity contribution is 5.79. The molecule has 0 spiro atoms. The molecular weight excluding hydrogens is 312 g/mol. The predicted octanol–water partition coefficient (Wildman–Crippen LogP) is 1.96. The molecule has 25 heavy (non-hydrogen) atoms. The van der Waals surface area contributed by atoms with Gasteiger partial charge in [0.1, 0.15) is 0 Å². The zero-order valence-corrected chi connectivity index (χ0v) is 15.5. The summed E-state index contributed by atoms with van der Waals surface area (Å²) in [7, 11) is 3.98. The SMILES string of the molecule is CN=C(NCCC(C)N(C)Cc1ccccc1)NCCn1cccn1. The van der Waals surface area contributed by atoms with Crippen molar-refractivity contribution in [2.45, 2.75) is 32.5 Å². The van der Waals surface area contributed by atoms with Gasteiger partial charge in [0.2, 0.25) is 0 Å². The van der Waals surface area contributed by atoms with Gasteiger partial charge in [-0.2, -0.15) is 5.10 Å². The standard InChI is InChI=1S/C19H30N6/c1-17(24(3)16-18-8-5-4-6-9-18)10-12-21-19(20-2)22-13-15-25-14-7-11-23-25/h4-9,11,14,17H,10,12-13,15-16H2,1-3H3,(H2,20,21,22). The van der Waals surface area contributed by atoms with Crippen LogP contribution in [0.1, 0.15) is 18.9 Å². The Morgan fingerprint density at radius 1 is 1.20 bits per heavy atom. The fourth-order valence-corrected chi connectivity index (χ4v) is 2.59. The number of benzene rings is 1. The quantitative estimate of drug-likeness (QED) is 0.540. The molecule has 136 valence electrons. The molecule has 6 heteroatoms. The molecule has 0 bridgehead atoms. The van der Waals surface area contributed by atoms with E-state index in [-0.39, 0.29) is 0 Å². The van der Waals surface area contributed by atoms with E-state index >= 15 is 0 Å². The Labute approximate surface area is 151 Å². The van der Waals surface area contributed by atoms with E-state index in [9.17, 15) is 0 Å². The second-order valence-corrected chi connectivity index (χ2v) is 6.23. The van der Waals surface area contributed by atoms with Crippen molar-refractivity contribution < 1.29 is 0 Å². The Kier molecular flexibility index (Phi) is 7.98. The monoisotopic (exact) mass is 342 g/mol. The van der Waals surface area contributed by atoms with E-state index in [1.54, 1.807) is 13.2 Å². The molecule has 0 fully saturated rings. The van der Waals surface area contributed by atoms with Gasteiger partial charge in [0.15, 0.2) is 5.96 Å². The third-order valence-corrected chi connectivity index (χ3v) is 4.30. The highest BCUT2D eigenvalue weighted by Gasteiger charge is 2.09. The molecule has 1 aromatic heterocycles. The number of hydrogen-bond acceptors (Lipinski definition) is 3. The summed E-state index contributed by atoms with van der Waals surface area (Å²) >= 11 is 0. The Balaban J connectivity index is 1.63. The van der Waals surface area contributed by atoms with E-state index in [4.69, 9.17) is 0 Å². The van der Waals surface area contributed by atoms with E-state index in [2.05, 4.69) is 69.9 Å². The van der Waals surface area contributed by atoms with Crippen molar-refractivity contribution in [2.24, 2.45) is 4.99 Å². The zero-order chi connectivity index (χ0) is 17.9. The number of guanidine groups is 1. The lowest BCUT2D eigenvalue weighted by molar-refractivity contribution is 0.238. The Morgan fingerprint density at radius 2 is 1.96 bits per heavy atom. The fourth-order valence-electron chi connectivity index (χ4n) is 2.59. The lowest BCUT2D eigenvalue weighted by atomic mass is 10.1. The maximum Gasteiger partial charge on any atom is 0.191 e. The maximum atomic E-state index is 4.27. The smallest absolute Gasteiger partial charge is 0.191 e. The normalized spacial score (nSPS) is 13.0. The first-order valence-corrected chi connectivity index (χ1v) is 8.85. The summed E-state index contributed by atoms with van der Waals surface area (Å²) in [6.07, 6.45) is 4.81. The summed E-state index contributed by atoms with van der Waals surface area (Å²) in [5.41, 5.74) is 1.35. The van der Waals surface area contributed by atoms with Crippen molar-refractivity contribution in [3.63, 3.8) is 0 Å².